The SMILES string of the molecule is CCCCCCCCCCCCCCC(C)NC(=O)OC(C)(C)C. The Morgan fingerprint density at radius 2 is 1.25 bits per heavy atom. The van der Waals surface area contributed by atoms with Crippen LogP contribution in [0.15, 0.2) is 0 Å². The van der Waals surface area contributed by atoms with Crippen molar-refractivity contribution in [2.24, 2.45) is 0 Å². The molecule has 0 aliphatic heterocycles. The summed E-state index contributed by atoms with van der Waals surface area (Å²) in [5, 5.41) is 2.91. The quantitative estimate of drug-likeness (QED) is 0.346. The van der Waals surface area contributed by atoms with Crippen LogP contribution in [0.4, 0.5) is 4.79 Å². The Hall–Kier alpha value is -0.730. The van der Waals surface area contributed by atoms with Gasteiger partial charge in [-0.05, 0) is 34.1 Å². The van der Waals surface area contributed by atoms with Crippen LogP contribution in [0.1, 0.15) is 118 Å². The van der Waals surface area contributed by atoms with E-state index in [1.54, 1.807) is 0 Å². The molecule has 1 atom stereocenters. The van der Waals surface area contributed by atoms with Gasteiger partial charge >= 0.3 is 6.09 Å². The Bertz CT molecular complexity index is 297. The van der Waals surface area contributed by atoms with Crippen molar-refractivity contribution < 1.29 is 9.53 Å². The van der Waals surface area contributed by atoms with E-state index in [2.05, 4.69) is 19.2 Å². The number of ether oxygens (including phenoxy) is 1. The van der Waals surface area contributed by atoms with E-state index < -0.39 is 5.60 Å². The van der Waals surface area contributed by atoms with Crippen LogP contribution in [0.2, 0.25) is 0 Å². The molecule has 0 bridgehead atoms. The predicted octanol–water partition coefficient (Wildman–Crippen LogP) is 6.99. The molecule has 0 rings (SSSR count). The van der Waals surface area contributed by atoms with E-state index in [1.165, 1.54) is 77.0 Å². The summed E-state index contributed by atoms with van der Waals surface area (Å²) in [7, 11) is 0. The second-order valence-electron chi connectivity index (χ2n) is 8.23. The first-order valence-electron chi connectivity index (χ1n) is 10.3. The van der Waals surface area contributed by atoms with Crippen LogP contribution in [0.25, 0.3) is 0 Å². The number of hydrogen-bond acceptors (Lipinski definition) is 2. The minimum atomic E-state index is -0.417. The molecule has 0 heterocycles. The van der Waals surface area contributed by atoms with Crippen molar-refractivity contribution in [1.29, 1.82) is 0 Å². The number of amides is 1. The van der Waals surface area contributed by atoms with Crippen molar-refractivity contribution >= 4 is 6.09 Å². The summed E-state index contributed by atoms with van der Waals surface area (Å²) < 4.78 is 5.27. The van der Waals surface area contributed by atoms with Gasteiger partial charge in [-0.2, -0.15) is 0 Å². The van der Waals surface area contributed by atoms with Crippen LogP contribution in [-0.4, -0.2) is 17.7 Å². The molecule has 1 N–H and O–H groups in total. The molecule has 0 aromatic heterocycles. The van der Waals surface area contributed by atoms with E-state index in [4.69, 9.17) is 4.74 Å². The number of hydrogen-bond donors (Lipinski definition) is 1. The van der Waals surface area contributed by atoms with Crippen LogP contribution in [0.5, 0.6) is 0 Å². The van der Waals surface area contributed by atoms with E-state index in [-0.39, 0.29) is 12.1 Å². The van der Waals surface area contributed by atoms with Crippen LogP contribution in [-0.2, 0) is 4.74 Å². The molecule has 0 fully saturated rings. The molecule has 1 unspecified atom stereocenters. The molecule has 0 saturated heterocycles. The normalized spacial score (nSPS) is 12.9. The highest BCUT2D eigenvalue weighted by molar-refractivity contribution is 5.67. The van der Waals surface area contributed by atoms with E-state index in [0.29, 0.717) is 0 Å². The fraction of sp³-hybridized carbons (Fsp3) is 0.952. The van der Waals surface area contributed by atoms with Crippen molar-refractivity contribution in [2.45, 2.75) is 130 Å². The van der Waals surface area contributed by atoms with Gasteiger partial charge in [0.15, 0.2) is 0 Å². The molecule has 3 nitrogen and oxygen atoms in total. The number of rotatable bonds is 14. The van der Waals surface area contributed by atoms with Crippen molar-refractivity contribution in [3.05, 3.63) is 0 Å². The van der Waals surface area contributed by atoms with Crippen molar-refractivity contribution in [2.75, 3.05) is 0 Å². The number of unbranched alkanes of at least 4 members (excludes halogenated alkanes) is 11. The zero-order chi connectivity index (χ0) is 18.3. The lowest BCUT2D eigenvalue weighted by Crippen LogP contribution is -2.37. The Balaban J connectivity index is 3.33. The molecular weight excluding hydrogens is 298 g/mol. The van der Waals surface area contributed by atoms with Gasteiger partial charge < -0.3 is 10.1 Å². The number of nitrogens with one attached hydrogen (secondary N) is 1. The molecule has 24 heavy (non-hydrogen) atoms. The summed E-state index contributed by atoms with van der Waals surface area (Å²) in [6, 6.07) is 0.197. The lowest BCUT2D eigenvalue weighted by molar-refractivity contribution is 0.0506. The summed E-state index contributed by atoms with van der Waals surface area (Å²) in [6.45, 7) is 10.0. The fourth-order valence-corrected chi connectivity index (χ4v) is 2.87. The Morgan fingerprint density at radius 1 is 0.833 bits per heavy atom. The van der Waals surface area contributed by atoms with E-state index >= 15 is 0 Å². The number of carbonyl (C=O) groups excluding carboxylic acids is 1. The third-order valence-electron chi connectivity index (χ3n) is 4.25. The molecule has 0 aliphatic rings. The topological polar surface area (TPSA) is 38.3 Å². The number of carbonyl (C=O) groups is 1. The Morgan fingerprint density at radius 3 is 1.67 bits per heavy atom. The van der Waals surface area contributed by atoms with Crippen LogP contribution < -0.4 is 5.32 Å². The summed E-state index contributed by atoms with van der Waals surface area (Å²) in [4.78, 5) is 11.7. The highest BCUT2D eigenvalue weighted by Gasteiger charge is 2.17. The molecule has 0 spiro atoms. The van der Waals surface area contributed by atoms with Gasteiger partial charge in [-0.25, -0.2) is 4.79 Å². The van der Waals surface area contributed by atoms with Gasteiger partial charge in [-0.3, -0.25) is 0 Å². The second kappa shape index (κ2) is 14.6. The standard InChI is InChI=1S/C21H43NO2/c1-6-7-8-9-10-11-12-13-14-15-16-17-18-19(2)22-20(23)24-21(3,4)5/h19H,6-18H2,1-5H3,(H,22,23). The van der Waals surface area contributed by atoms with Gasteiger partial charge in [-0.1, -0.05) is 84.0 Å². The maximum absolute atomic E-state index is 11.7. The first kappa shape index (κ1) is 23.3. The summed E-state index contributed by atoms with van der Waals surface area (Å²) in [5.41, 5.74) is -0.417. The van der Waals surface area contributed by atoms with Crippen LogP contribution in [0.3, 0.4) is 0 Å². The van der Waals surface area contributed by atoms with Gasteiger partial charge in [0.2, 0.25) is 0 Å². The molecule has 1 amide bonds. The monoisotopic (exact) mass is 341 g/mol. The molecule has 0 aliphatic carbocycles. The highest BCUT2D eigenvalue weighted by Crippen LogP contribution is 2.13. The number of alkyl carbamates (subject to hydrolysis) is 1. The minimum absolute atomic E-state index is 0.197. The summed E-state index contributed by atoms with van der Waals surface area (Å²) in [6.07, 6.45) is 17.1. The molecule has 3 heteroatoms. The van der Waals surface area contributed by atoms with Gasteiger partial charge in [-0.15, -0.1) is 0 Å². The van der Waals surface area contributed by atoms with Crippen molar-refractivity contribution in [3.63, 3.8) is 0 Å². The van der Waals surface area contributed by atoms with Crippen molar-refractivity contribution in [3.8, 4) is 0 Å². The zero-order valence-electron chi connectivity index (χ0n) is 17.1. The van der Waals surface area contributed by atoms with E-state index in [0.717, 1.165) is 6.42 Å². The lowest BCUT2D eigenvalue weighted by Gasteiger charge is -2.21. The van der Waals surface area contributed by atoms with Gasteiger partial charge in [0, 0.05) is 6.04 Å². The lowest BCUT2D eigenvalue weighted by atomic mass is 10.0. The molecule has 0 saturated carbocycles. The molecular formula is C21H43NO2. The van der Waals surface area contributed by atoms with Gasteiger partial charge in [0.1, 0.15) is 5.60 Å². The minimum Gasteiger partial charge on any atom is -0.444 e. The smallest absolute Gasteiger partial charge is 0.407 e. The third-order valence-corrected chi connectivity index (χ3v) is 4.25. The molecule has 0 radical (unpaired) electrons. The first-order valence-corrected chi connectivity index (χ1v) is 10.3. The average molecular weight is 342 g/mol. The van der Waals surface area contributed by atoms with Crippen LogP contribution in [0, 0.1) is 0 Å². The van der Waals surface area contributed by atoms with Crippen molar-refractivity contribution in [1.82, 2.24) is 5.32 Å². The molecule has 0 aromatic carbocycles. The average Bonchev–Trinajstić information content (AvgIpc) is 2.46. The molecule has 0 aromatic rings. The predicted molar refractivity (Wildman–Crippen MR) is 105 cm³/mol. The summed E-state index contributed by atoms with van der Waals surface area (Å²) >= 11 is 0. The third kappa shape index (κ3) is 17.6. The maximum Gasteiger partial charge on any atom is 0.407 e. The maximum atomic E-state index is 11.7. The zero-order valence-corrected chi connectivity index (χ0v) is 17.1. The fourth-order valence-electron chi connectivity index (χ4n) is 2.87. The Labute approximate surface area is 151 Å². The van der Waals surface area contributed by atoms with Gasteiger partial charge in [0.25, 0.3) is 0 Å². The largest absolute Gasteiger partial charge is 0.444 e. The Kier molecular flexibility index (Phi) is 14.2. The second-order valence-corrected chi connectivity index (χ2v) is 8.23. The van der Waals surface area contributed by atoms with Crippen LogP contribution >= 0.6 is 0 Å². The molecule has 144 valence electrons. The van der Waals surface area contributed by atoms with E-state index in [1.807, 2.05) is 20.8 Å². The van der Waals surface area contributed by atoms with E-state index in [9.17, 15) is 4.79 Å². The van der Waals surface area contributed by atoms with Gasteiger partial charge in [0.05, 0.1) is 0 Å². The highest BCUT2D eigenvalue weighted by atomic mass is 16.6. The first-order chi connectivity index (χ1) is 11.3. The summed E-state index contributed by atoms with van der Waals surface area (Å²) in [5.74, 6) is 0.